The van der Waals surface area contributed by atoms with Crippen LogP contribution in [-0.2, 0) is 9.47 Å². The number of ether oxygens (including phenoxy) is 2. The van der Waals surface area contributed by atoms with Crippen LogP contribution < -0.4 is 11.5 Å². The summed E-state index contributed by atoms with van der Waals surface area (Å²) >= 11 is 7.35. The summed E-state index contributed by atoms with van der Waals surface area (Å²) in [5.41, 5.74) is 9.17. The monoisotopic (exact) mass is 226 g/mol. The van der Waals surface area contributed by atoms with Gasteiger partial charge in [0.2, 0.25) is 0 Å². The van der Waals surface area contributed by atoms with E-state index < -0.39 is 11.4 Å². The number of hydrogen-bond acceptors (Lipinski definition) is 5. The number of primary amides is 1. The Kier molecular flexibility index (Phi) is 10.1. The summed E-state index contributed by atoms with van der Waals surface area (Å²) in [5.74, 6) is 0. The molecule has 0 heterocycles. The van der Waals surface area contributed by atoms with Crippen LogP contribution in [0.3, 0.4) is 0 Å². The largest absolute Gasteiger partial charge is 0.515 e. The van der Waals surface area contributed by atoms with Crippen LogP contribution in [0.15, 0.2) is 0 Å². The van der Waals surface area contributed by atoms with Crippen LogP contribution in [0.2, 0.25) is 0 Å². The molecule has 76 valence electrons. The van der Waals surface area contributed by atoms with E-state index in [0.717, 1.165) is 0 Å². The van der Waals surface area contributed by atoms with Crippen molar-refractivity contribution in [2.24, 2.45) is 11.5 Å². The maximum Gasteiger partial charge on any atom is 0.515 e. The van der Waals surface area contributed by atoms with Crippen molar-refractivity contribution in [3.05, 3.63) is 0 Å². The van der Waals surface area contributed by atoms with Gasteiger partial charge in [-0.2, -0.15) is 0 Å². The summed E-state index contributed by atoms with van der Waals surface area (Å²) in [6.45, 7) is 1.91. The summed E-state index contributed by atoms with van der Waals surface area (Å²) in [7, 11) is 0. The Bertz CT molecular complexity index is 193. The number of nitrogens with two attached hydrogens (primary N) is 2. The minimum Gasteiger partial charge on any atom is -0.434 e. The zero-order chi connectivity index (χ0) is 10.9. The highest BCUT2D eigenvalue weighted by molar-refractivity contribution is 7.96. The lowest BCUT2D eigenvalue weighted by Crippen LogP contribution is -2.18. The second-order valence-electron chi connectivity index (χ2n) is 1.44. The first-order chi connectivity index (χ1) is 5.90. The third-order valence-electron chi connectivity index (χ3n) is 0.446. The van der Waals surface area contributed by atoms with Gasteiger partial charge in [-0.15, -0.1) is 0 Å². The number of amides is 1. The van der Waals surface area contributed by atoms with Gasteiger partial charge in [0.25, 0.3) is 10.4 Å². The average Bonchev–Trinajstić information content (AvgIpc) is 1.83. The molecular formula is C5H10N2O4S2. The van der Waals surface area contributed by atoms with Crippen molar-refractivity contribution >= 4 is 41.4 Å². The van der Waals surface area contributed by atoms with Gasteiger partial charge in [0.15, 0.2) is 0 Å². The highest BCUT2D eigenvalue weighted by Crippen LogP contribution is 1.83. The Morgan fingerprint density at radius 1 is 1.46 bits per heavy atom. The Balaban J connectivity index is 0. The van der Waals surface area contributed by atoms with E-state index >= 15 is 0 Å². The number of rotatable bonds is 1. The molecule has 13 heavy (non-hydrogen) atoms. The van der Waals surface area contributed by atoms with E-state index in [1.807, 2.05) is 0 Å². The lowest BCUT2D eigenvalue weighted by molar-refractivity contribution is 0.101. The maximum absolute atomic E-state index is 10.2. The average molecular weight is 226 g/mol. The zero-order valence-corrected chi connectivity index (χ0v) is 8.56. The molecule has 1 amide bonds. The lowest BCUT2D eigenvalue weighted by atomic mass is 10.9. The molecule has 0 aromatic carbocycles. The van der Waals surface area contributed by atoms with Gasteiger partial charge in [-0.1, -0.05) is 12.6 Å². The summed E-state index contributed by atoms with van der Waals surface area (Å²) in [6.07, 6.45) is -0.856. The Morgan fingerprint density at radius 2 is 1.85 bits per heavy atom. The van der Waals surface area contributed by atoms with Crippen LogP contribution in [0.25, 0.3) is 0 Å². The van der Waals surface area contributed by atoms with Gasteiger partial charge in [-0.25, -0.2) is 4.79 Å². The van der Waals surface area contributed by atoms with Gasteiger partial charge < -0.3 is 20.9 Å². The van der Waals surface area contributed by atoms with Gasteiger partial charge in [0.05, 0.1) is 6.61 Å². The van der Waals surface area contributed by atoms with Crippen LogP contribution in [0.4, 0.5) is 9.59 Å². The predicted octanol–water partition coefficient (Wildman–Crippen LogP) is 0.398. The fourth-order valence-electron chi connectivity index (χ4n) is 0.229. The standard InChI is InChI=1S/C4H7NO3S.CH3NOS/c1-2-7-4(6)8-3(5)9;2-1(3)4/h2H2,1H3,(H2,5,9);(H3,2,3,4). The number of thiol groups is 1. The molecule has 0 aromatic rings. The first-order valence-electron chi connectivity index (χ1n) is 3.02. The van der Waals surface area contributed by atoms with Crippen molar-refractivity contribution in [3.63, 3.8) is 0 Å². The molecule has 0 fully saturated rings. The van der Waals surface area contributed by atoms with Crippen LogP contribution in [0.1, 0.15) is 6.92 Å². The molecule has 0 aliphatic carbocycles. The number of thiocarbonyl (C=S) groups is 1. The molecule has 0 aliphatic heterocycles. The summed E-state index contributed by atoms with van der Waals surface area (Å²) in [6, 6.07) is 0. The van der Waals surface area contributed by atoms with Crippen LogP contribution >= 0.6 is 24.8 Å². The first kappa shape index (κ1) is 14.5. The number of hydrogen-bond donors (Lipinski definition) is 3. The smallest absolute Gasteiger partial charge is 0.434 e. The molecule has 0 rings (SSSR count). The molecule has 4 N–H and O–H groups in total. The fraction of sp³-hybridized carbons (Fsp3) is 0.400. The van der Waals surface area contributed by atoms with Gasteiger partial charge in [0.1, 0.15) is 0 Å². The second kappa shape index (κ2) is 9.07. The van der Waals surface area contributed by atoms with Gasteiger partial charge in [-0.05, 0) is 19.1 Å². The van der Waals surface area contributed by atoms with E-state index in [2.05, 4.69) is 40.1 Å². The molecule has 0 radical (unpaired) electrons. The van der Waals surface area contributed by atoms with E-state index in [0.29, 0.717) is 0 Å². The molecule has 0 unspecified atom stereocenters. The zero-order valence-electron chi connectivity index (χ0n) is 6.85. The minimum absolute atomic E-state index is 0.251. The Morgan fingerprint density at radius 3 is 2.08 bits per heavy atom. The molecule has 0 aromatic heterocycles. The SMILES string of the molecule is CCOC(=O)OC(N)=S.NC(=O)S. The summed E-state index contributed by atoms with van der Waals surface area (Å²) < 4.78 is 8.46. The highest BCUT2D eigenvalue weighted by atomic mass is 32.1. The van der Waals surface area contributed by atoms with Crippen LogP contribution in [0, 0.1) is 0 Å². The summed E-state index contributed by atoms with van der Waals surface area (Å²) in [4.78, 5) is 19.3. The first-order valence-corrected chi connectivity index (χ1v) is 3.88. The molecule has 6 nitrogen and oxygen atoms in total. The Hall–Kier alpha value is -1.02. The van der Waals surface area contributed by atoms with Crippen molar-refractivity contribution in [1.82, 2.24) is 0 Å². The third kappa shape index (κ3) is 24.8. The summed E-state index contributed by atoms with van der Waals surface area (Å²) in [5, 5.41) is -0.964. The van der Waals surface area contributed by atoms with Crippen molar-refractivity contribution in [2.75, 3.05) is 6.61 Å². The van der Waals surface area contributed by atoms with Gasteiger partial charge in [0, 0.05) is 0 Å². The molecule has 0 saturated heterocycles. The van der Waals surface area contributed by atoms with E-state index in [9.17, 15) is 4.79 Å². The van der Waals surface area contributed by atoms with E-state index in [-0.39, 0.29) is 11.8 Å². The van der Waals surface area contributed by atoms with Gasteiger partial charge >= 0.3 is 6.16 Å². The lowest BCUT2D eigenvalue weighted by Gasteiger charge is -1.98. The maximum atomic E-state index is 10.2. The number of carbonyl (C=O) groups is 2. The molecular weight excluding hydrogens is 216 g/mol. The fourth-order valence-corrected chi connectivity index (χ4v) is 0.297. The Labute approximate surface area is 85.9 Å². The molecule has 0 saturated carbocycles. The normalized spacial score (nSPS) is 7.54. The van der Waals surface area contributed by atoms with Crippen molar-refractivity contribution in [3.8, 4) is 0 Å². The molecule has 0 spiro atoms. The van der Waals surface area contributed by atoms with E-state index in [4.69, 9.17) is 10.5 Å². The molecule has 0 atom stereocenters. The molecule has 8 heteroatoms. The van der Waals surface area contributed by atoms with Gasteiger partial charge in [-0.3, -0.25) is 4.79 Å². The van der Waals surface area contributed by atoms with E-state index in [1.54, 1.807) is 6.92 Å². The van der Waals surface area contributed by atoms with E-state index in [1.165, 1.54) is 0 Å². The highest BCUT2D eigenvalue weighted by Gasteiger charge is 2.01. The predicted molar refractivity (Wildman–Crippen MR) is 53.5 cm³/mol. The second-order valence-corrected chi connectivity index (χ2v) is 2.29. The molecule has 0 aliphatic rings. The van der Waals surface area contributed by atoms with Crippen LogP contribution in [0.5, 0.6) is 0 Å². The van der Waals surface area contributed by atoms with Crippen molar-refractivity contribution in [2.45, 2.75) is 6.92 Å². The third-order valence-corrected chi connectivity index (χ3v) is 0.529. The van der Waals surface area contributed by atoms with Crippen molar-refractivity contribution < 1.29 is 19.1 Å². The van der Waals surface area contributed by atoms with Crippen molar-refractivity contribution in [1.29, 1.82) is 0 Å². The van der Waals surface area contributed by atoms with Crippen LogP contribution in [-0.4, -0.2) is 23.2 Å². The number of carbonyl (C=O) groups excluding carboxylic acids is 2. The minimum atomic E-state index is -0.856. The topological polar surface area (TPSA) is 105 Å². The molecule has 0 bridgehead atoms. The quantitative estimate of drug-likeness (QED) is 0.339.